The molecule has 12 heteroatoms. The molecular weight excluding hydrogens is 598 g/mol. The number of likely N-dealkylation sites (tertiary alicyclic amines) is 1. The van der Waals surface area contributed by atoms with Crippen LogP contribution < -0.4 is 15.4 Å². The van der Waals surface area contributed by atoms with E-state index in [1.807, 2.05) is 38.9 Å². The third kappa shape index (κ3) is 7.54. The first-order valence-corrected chi connectivity index (χ1v) is 16.7. The summed E-state index contributed by atoms with van der Waals surface area (Å²) in [5, 5.41) is 12.7. The number of benzene rings is 1. The molecule has 2 N–H and O–H groups in total. The summed E-state index contributed by atoms with van der Waals surface area (Å²) in [5.41, 5.74) is 4.93. The molecule has 5 rings (SSSR count). The van der Waals surface area contributed by atoms with Crippen molar-refractivity contribution in [2.45, 2.75) is 90.4 Å². The number of piperidine rings is 1. The number of aryl methyl sites for hydroxylation is 2. The third-order valence-corrected chi connectivity index (χ3v) is 9.27. The minimum atomic E-state index is -0.500. The predicted octanol–water partition coefficient (Wildman–Crippen LogP) is 7.85. The first-order chi connectivity index (χ1) is 20.8. The Hall–Kier alpha value is -3.18. The number of rotatable bonds is 8. The van der Waals surface area contributed by atoms with Crippen LogP contribution in [0.4, 0.5) is 27.9 Å². The second-order valence-electron chi connectivity index (χ2n) is 13.2. The van der Waals surface area contributed by atoms with Crippen LogP contribution in [-0.2, 0) is 18.2 Å². The molecule has 1 fully saturated rings. The molecule has 2 aromatic heterocycles. The molecule has 4 heterocycles. The smallest absolute Gasteiger partial charge is 0.410 e. The van der Waals surface area contributed by atoms with Gasteiger partial charge in [-0.1, -0.05) is 25.4 Å². The van der Waals surface area contributed by atoms with Crippen molar-refractivity contribution in [2.24, 2.45) is 13.0 Å². The fourth-order valence-electron chi connectivity index (χ4n) is 5.76. The van der Waals surface area contributed by atoms with Crippen molar-refractivity contribution < 1.29 is 14.3 Å². The van der Waals surface area contributed by atoms with Crippen LogP contribution in [0.15, 0.2) is 23.5 Å². The number of amides is 1. The molecule has 0 aliphatic carbocycles. The van der Waals surface area contributed by atoms with E-state index in [1.165, 1.54) is 16.7 Å². The second kappa shape index (κ2) is 13.0. The minimum absolute atomic E-state index is 0.0589. The lowest BCUT2D eigenvalue weighted by Crippen LogP contribution is -2.41. The van der Waals surface area contributed by atoms with Gasteiger partial charge in [0, 0.05) is 44.1 Å². The number of thioether (sulfide) groups is 1. The van der Waals surface area contributed by atoms with Crippen LogP contribution in [0.1, 0.15) is 77.0 Å². The van der Waals surface area contributed by atoms with Crippen molar-refractivity contribution in [2.75, 3.05) is 29.5 Å². The van der Waals surface area contributed by atoms with Crippen LogP contribution in [-0.4, -0.2) is 61.3 Å². The molecule has 0 bridgehead atoms. The number of halogens is 1. The van der Waals surface area contributed by atoms with Gasteiger partial charge in [0.2, 0.25) is 5.95 Å². The number of fused-ring (bicyclic) bond motifs is 1. The predicted molar refractivity (Wildman–Crippen MR) is 177 cm³/mol. The maximum Gasteiger partial charge on any atom is 0.410 e. The quantitative estimate of drug-likeness (QED) is 0.238. The first kappa shape index (κ1) is 32.2. The molecule has 1 aromatic carbocycles. The number of ether oxygens (including phenoxy) is 2. The molecule has 3 aromatic rings. The Morgan fingerprint density at radius 2 is 1.95 bits per heavy atom. The van der Waals surface area contributed by atoms with Crippen LogP contribution in [0.2, 0.25) is 5.02 Å². The van der Waals surface area contributed by atoms with E-state index in [2.05, 4.69) is 54.5 Å². The van der Waals surface area contributed by atoms with Gasteiger partial charge >= 0.3 is 6.09 Å². The molecule has 10 nitrogen and oxygen atoms in total. The summed E-state index contributed by atoms with van der Waals surface area (Å²) >= 11 is 8.24. The van der Waals surface area contributed by atoms with Crippen LogP contribution in [0.5, 0.6) is 5.75 Å². The highest BCUT2D eigenvalue weighted by Crippen LogP contribution is 2.46. The lowest BCUT2D eigenvalue weighted by molar-refractivity contribution is 0.0204. The maximum atomic E-state index is 12.6. The van der Waals surface area contributed by atoms with Crippen molar-refractivity contribution >= 4 is 52.6 Å². The van der Waals surface area contributed by atoms with Gasteiger partial charge in [-0.2, -0.15) is 10.1 Å². The number of aromatic nitrogens is 4. The van der Waals surface area contributed by atoms with Crippen molar-refractivity contribution in [3.8, 4) is 5.75 Å². The van der Waals surface area contributed by atoms with E-state index in [4.69, 9.17) is 26.1 Å². The van der Waals surface area contributed by atoms with Gasteiger partial charge < -0.3 is 25.0 Å². The van der Waals surface area contributed by atoms with Crippen molar-refractivity contribution in [3.05, 3.63) is 40.2 Å². The van der Waals surface area contributed by atoms with Gasteiger partial charge in [-0.3, -0.25) is 4.68 Å². The normalized spacial score (nSPS) is 17.0. The SMILES string of the molecule is Cc1cc(Nc2ncc(Cl)c(Nc3cn(C)nc3SCC(C)C)n2)c2c(c1C1CCN(C(=O)OC(C)(C)C)CC1)C[C@@H](C)O2. The van der Waals surface area contributed by atoms with Crippen LogP contribution in [0, 0.1) is 12.8 Å². The molecule has 0 spiro atoms. The van der Waals surface area contributed by atoms with Gasteiger partial charge in [0.25, 0.3) is 0 Å². The average Bonchev–Trinajstić information content (AvgIpc) is 3.49. The van der Waals surface area contributed by atoms with Crippen molar-refractivity contribution in [3.63, 3.8) is 0 Å². The number of carbonyl (C=O) groups excluding carboxylic acids is 1. The summed E-state index contributed by atoms with van der Waals surface area (Å²) in [6, 6.07) is 2.12. The fourth-order valence-corrected chi connectivity index (χ4v) is 6.83. The molecule has 2 aliphatic rings. The molecular formula is C32H44ClN7O3S. The van der Waals surface area contributed by atoms with Crippen LogP contribution >= 0.6 is 23.4 Å². The Morgan fingerprint density at radius 1 is 1.23 bits per heavy atom. The average molecular weight is 642 g/mol. The number of nitrogens with one attached hydrogen (secondary N) is 2. The van der Waals surface area contributed by atoms with Gasteiger partial charge in [0.15, 0.2) is 5.82 Å². The number of nitrogens with zero attached hydrogens (tertiary/aromatic N) is 5. The topological polar surface area (TPSA) is 106 Å². The number of hydrogen-bond donors (Lipinski definition) is 2. The van der Waals surface area contributed by atoms with E-state index in [1.54, 1.807) is 22.6 Å². The van der Waals surface area contributed by atoms with E-state index < -0.39 is 5.60 Å². The zero-order chi connectivity index (χ0) is 31.8. The van der Waals surface area contributed by atoms with E-state index in [-0.39, 0.29) is 12.2 Å². The molecule has 0 radical (unpaired) electrons. The largest absolute Gasteiger partial charge is 0.488 e. The number of hydrogen-bond acceptors (Lipinski definition) is 9. The standard InChI is InChI=1S/C32H44ClN7O3S/c1-18(2)17-44-29-25(16-39(8)38-29)35-28-23(33)15-34-30(37-28)36-24-13-19(3)26(22-14-20(4)42-27(22)24)21-9-11-40(12-10-21)31(41)43-32(5,6)7/h13,15-16,18,20-21H,9-12,14,17H2,1-8H3,(H2,34,35,36,37)/t20-/m1/s1. The van der Waals surface area contributed by atoms with Crippen molar-refractivity contribution in [1.82, 2.24) is 24.6 Å². The molecule has 44 heavy (non-hydrogen) atoms. The highest BCUT2D eigenvalue weighted by Gasteiger charge is 2.33. The Morgan fingerprint density at radius 3 is 2.64 bits per heavy atom. The van der Waals surface area contributed by atoms with E-state index in [9.17, 15) is 4.79 Å². The van der Waals surface area contributed by atoms with Crippen LogP contribution in [0.3, 0.4) is 0 Å². The number of anilines is 4. The summed E-state index contributed by atoms with van der Waals surface area (Å²) in [5.74, 6) is 3.60. The summed E-state index contributed by atoms with van der Waals surface area (Å²) in [7, 11) is 1.90. The third-order valence-electron chi connectivity index (χ3n) is 7.59. The van der Waals surface area contributed by atoms with Gasteiger partial charge in [-0.25, -0.2) is 9.78 Å². The monoisotopic (exact) mass is 641 g/mol. The zero-order valence-electron chi connectivity index (χ0n) is 27.0. The summed E-state index contributed by atoms with van der Waals surface area (Å²) in [4.78, 5) is 23.7. The second-order valence-corrected chi connectivity index (χ2v) is 14.6. The van der Waals surface area contributed by atoms with Gasteiger partial charge in [0.1, 0.15) is 27.5 Å². The minimum Gasteiger partial charge on any atom is -0.488 e. The highest BCUT2D eigenvalue weighted by atomic mass is 35.5. The molecule has 0 saturated carbocycles. The first-order valence-electron chi connectivity index (χ1n) is 15.3. The highest BCUT2D eigenvalue weighted by molar-refractivity contribution is 7.99. The number of carbonyl (C=O) groups is 1. The molecule has 2 aliphatic heterocycles. The Kier molecular flexibility index (Phi) is 9.55. The van der Waals surface area contributed by atoms with E-state index in [0.29, 0.717) is 41.7 Å². The van der Waals surface area contributed by atoms with Crippen molar-refractivity contribution in [1.29, 1.82) is 0 Å². The van der Waals surface area contributed by atoms with Gasteiger partial charge in [-0.05, 0) is 76.5 Å². The summed E-state index contributed by atoms with van der Waals surface area (Å²) < 4.78 is 13.8. The van der Waals surface area contributed by atoms with E-state index in [0.717, 1.165) is 47.2 Å². The molecule has 1 saturated heterocycles. The van der Waals surface area contributed by atoms with E-state index >= 15 is 0 Å². The van der Waals surface area contributed by atoms with Crippen LogP contribution in [0.25, 0.3) is 0 Å². The van der Waals surface area contributed by atoms with Gasteiger partial charge in [-0.15, -0.1) is 11.8 Å². The summed E-state index contributed by atoms with van der Waals surface area (Å²) in [6.45, 7) is 15.7. The maximum absolute atomic E-state index is 12.6. The summed E-state index contributed by atoms with van der Waals surface area (Å²) in [6.07, 6.45) is 5.95. The lowest BCUT2D eigenvalue weighted by Gasteiger charge is -2.34. The fraction of sp³-hybridized carbons (Fsp3) is 0.562. The molecule has 1 atom stereocenters. The lowest BCUT2D eigenvalue weighted by atomic mass is 9.82. The molecule has 1 amide bonds. The molecule has 238 valence electrons. The zero-order valence-corrected chi connectivity index (χ0v) is 28.5. The Bertz CT molecular complexity index is 1510. The Balaban J connectivity index is 1.35. The van der Waals surface area contributed by atoms with Gasteiger partial charge in [0.05, 0.1) is 17.6 Å². The molecule has 0 unspecified atom stereocenters. The Labute approximate surface area is 269 Å².